The van der Waals surface area contributed by atoms with E-state index in [1.54, 1.807) is 30.9 Å². The number of carbonyl (C=O) groups is 3. The topological polar surface area (TPSA) is 111 Å². The molecule has 1 heterocycles. The van der Waals surface area contributed by atoms with E-state index in [1.165, 1.54) is 0 Å². The van der Waals surface area contributed by atoms with E-state index in [0.29, 0.717) is 38.3 Å². The van der Waals surface area contributed by atoms with Gasteiger partial charge in [-0.1, -0.05) is 42.0 Å². The highest BCUT2D eigenvalue weighted by molar-refractivity contribution is 5.90. The van der Waals surface area contributed by atoms with Gasteiger partial charge in [-0.25, -0.2) is 4.79 Å². The van der Waals surface area contributed by atoms with Crippen LogP contribution < -0.4 is 15.8 Å². The van der Waals surface area contributed by atoms with Gasteiger partial charge in [0.25, 0.3) is 0 Å². The Kier molecular flexibility index (Phi) is 9.25. The zero-order valence-corrected chi connectivity index (χ0v) is 20.7. The number of rotatable bonds is 10. The summed E-state index contributed by atoms with van der Waals surface area (Å²) in [7, 11) is 0. The number of ether oxygens (including phenoxy) is 2. The van der Waals surface area contributed by atoms with Gasteiger partial charge < -0.3 is 25.4 Å². The number of carbonyl (C=O) groups excluding carboxylic acids is 3. The standard InChI is InChI=1S/C27H35N3O5/c1-4-34-27(33)19(3)35-22-13-11-21(12-14-22)17-29-25(31)24-6-5-15-30(24)26(32)23(28)16-20-9-7-18(2)8-10-20/h7-14,19,23-24H,4-6,15-17,28H2,1-3H3,(H,29,31)/t19?,23-,24-/m0/s1. The number of amides is 2. The van der Waals surface area contributed by atoms with Gasteiger partial charge in [-0.2, -0.15) is 0 Å². The molecule has 2 aromatic rings. The summed E-state index contributed by atoms with van der Waals surface area (Å²) >= 11 is 0. The van der Waals surface area contributed by atoms with Crippen LogP contribution >= 0.6 is 0 Å². The fourth-order valence-electron chi connectivity index (χ4n) is 4.09. The van der Waals surface area contributed by atoms with E-state index in [4.69, 9.17) is 15.2 Å². The van der Waals surface area contributed by atoms with Crippen molar-refractivity contribution in [2.75, 3.05) is 13.2 Å². The van der Waals surface area contributed by atoms with Gasteiger partial charge >= 0.3 is 5.97 Å². The summed E-state index contributed by atoms with van der Waals surface area (Å²) in [6.45, 7) is 6.54. The van der Waals surface area contributed by atoms with E-state index < -0.39 is 24.2 Å². The molecule has 0 bridgehead atoms. The van der Waals surface area contributed by atoms with Gasteiger partial charge in [-0.3, -0.25) is 9.59 Å². The maximum absolute atomic E-state index is 13.0. The van der Waals surface area contributed by atoms with Crippen molar-refractivity contribution in [3.8, 4) is 5.75 Å². The predicted octanol–water partition coefficient (Wildman–Crippen LogP) is 2.50. The van der Waals surface area contributed by atoms with Crippen molar-refractivity contribution in [3.05, 3.63) is 65.2 Å². The Balaban J connectivity index is 1.51. The third-order valence-corrected chi connectivity index (χ3v) is 6.05. The van der Waals surface area contributed by atoms with Gasteiger partial charge in [-0.15, -0.1) is 0 Å². The van der Waals surface area contributed by atoms with Crippen molar-refractivity contribution in [1.29, 1.82) is 0 Å². The lowest BCUT2D eigenvalue weighted by atomic mass is 10.0. The highest BCUT2D eigenvalue weighted by Gasteiger charge is 2.36. The van der Waals surface area contributed by atoms with Crippen molar-refractivity contribution in [2.45, 2.75) is 64.8 Å². The number of nitrogens with one attached hydrogen (secondary N) is 1. The molecule has 3 N–H and O–H groups in total. The number of nitrogens with zero attached hydrogens (tertiary/aromatic N) is 1. The van der Waals surface area contributed by atoms with Crippen LogP contribution in [0.4, 0.5) is 0 Å². The quantitative estimate of drug-likeness (QED) is 0.505. The zero-order chi connectivity index (χ0) is 25.4. The molecular weight excluding hydrogens is 446 g/mol. The lowest BCUT2D eigenvalue weighted by molar-refractivity contribution is -0.150. The largest absolute Gasteiger partial charge is 0.479 e. The van der Waals surface area contributed by atoms with Gasteiger partial charge in [0, 0.05) is 13.1 Å². The minimum atomic E-state index is -0.705. The van der Waals surface area contributed by atoms with Crippen molar-refractivity contribution in [3.63, 3.8) is 0 Å². The highest BCUT2D eigenvalue weighted by Crippen LogP contribution is 2.20. The molecule has 1 aliphatic heterocycles. The minimum absolute atomic E-state index is 0.186. The molecule has 1 saturated heterocycles. The summed E-state index contributed by atoms with van der Waals surface area (Å²) in [5.74, 6) is -0.260. The Bertz CT molecular complexity index is 1010. The van der Waals surface area contributed by atoms with Gasteiger partial charge in [0.2, 0.25) is 11.8 Å². The van der Waals surface area contributed by atoms with Crippen molar-refractivity contribution >= 4 is 17.8 Å². The molecule has 2 amide bonds. The zero-order valence-electron chi connectivity index (χ0n) is 20.7. The first-order valence-electron chi connectivity index (χ1n) is 12.1. The molecule has 0 saturated carbocycles. The summed E-state index contributed by atoms with van der Waals surface area (Å²) in [6, 6.07) is 13.9. The Hall–Kier alpha value is -3.39. The van der Waals surface area contributed by atoms with Crippen LogP contribution in [0.5, 0.6) is 5.75 Å². The summed E-state index contributed by atoms with van der Waals surface area (Å²) in [5, 5.41) is 2.93. The average Bonchev–Trinajstić information content (AvgIpc) is 3.34. The first kappa shape index (κ1) is 26.2. The molecule has 0 aromatic heterocycles. The Morgan fingerprint density at radius 1 is 1.09 bits per heavy atom. The first-order chi connectivity index (χ1) is 16.8. The fourth-order valence-corrected chi connectivity index (χ4v) is 4.09. The molecule has 0 spiro atoms. The number of nitrogens with two attached hydrogens (primary N) is 1. The maximum atomic E-state index is 13.0. The van der Waals surface area contributed by atoms with Crippen molar-refractivity contribution < 1.29 is 23.9 Å². The fraction of sp³-hybridized carbons (Fsp3) is 0.444. The number of benzene rings is 2. The number of hydrogen-bond donors (Lipinski definition) is 2. The van der Waals surface area contributed by atoms with Gasteiger partial charge in [0.15, 0.2) is 6.10 Å². The summed E-state index contributed by atoms with van der Waals surface area (Å²) in [4.78, 5) is 39.2. The molecule has 35 heavy (non-hydrogen) atoms. The second-order valence-corrected chi connectivity index (χ2v) is 8.86. The number of esters is 1. The Morgan fingerprint density at radius 3 is 2.40 bits per heavy atom. The van der Waals surface area contributed by atoms with Crippen LogP contribution in [-0.2, 0) is 32.1 Å². The molecule has 188 valence electrons. The molecule has 1 unspecified atom stereocenters. The SMILES string of the molecule is CCOC(=O)C(C)Oc1ccc(CNC(=O)[C@@H]2CCCN2C(=O)[C@@H](N)Cc2ccc(C)cc2)cc1. The molecule has 1 aliphatic rings. The van der Waals surface area contributed by atoms with Crippen molar-refractivity contribution in [1.82, 2.24) is 10.2 Å². The number of aryl methyl sites for hydroxylation is 1. The van der Waals surface area contributed by atoms with Crippen LogP contribution in [0.1, 0.15) is 43.4 Å². The normalized spacial score (nSPS) is 16.9. The maximum Gasteiger partial charge on any atom is 0.347 e. The molecule has 2 aromatic carbocycles. The van der Waals surface area contributed by atoms with Crippen LogP contribution in [0, 0.1) is 6.92 Å². The van der Waals surface area contributed by atoms with E-state index in [-0.39, 0.29) is 11.8 Å². The third kappa shape index (κ3) is 7.29. The third-order valence-electron chi connectivity index (χ3n) is 6.05. The van der Waals surface area contributed by atoms with Gasteiger partial charge in [0.05, 0.1) is 12.6 Å². The molecular formula is C27H35N3O5. The number of likely N-dealkylation sites (tertiary alicyclic amines) is 1. The lowest BCUT2D eigenvalue weighted by Crippen LogP contribution is -2.51. The van der Waals surface area contributed by atoms with E-state index in [2.05, 4.69) is 5.32 Å². The van der Waals surface area contributed by atoms with Crippen LogP contribution in [0.2, 0.25) is 0 Å². The Labute approximate surface area is 206 Å². The van der Waals surface area contributed by atoms with Crippen LogP contribution in [0.15, 0.2) is 48.5 Å². The van der Waals surface area contributed by atoms with E-state index in [0.717, 1.165) is 23.1 Å². The first-order valence-corrected chi connectivity index (χ1v) is 12.1. The molecule has 1 fully saturated rings. The van der Waals surface area contributed by atoms with Crippen LogP contribution in [-0.4, -0.2) is 54.0 Å². The molecule has 0 aliphatic carbocycles. The van der Waals surface area contributed by atoms with Gasteiger partial charge in [-0.05, 0) is 63.3 Å². The van der Waals surface area contributed by atoms with E-state index in [1.807, 2.05) is 43.3 Å². The molecule has 8 nitrogen and oxygen atoms in total. The Morgan fingerprint density at radius 2 is 1.74 bits per heavy atom. The second kappa shape index (κ2) is 12.4. The van der Waals surface area contributed by atoms with Crippen LogP contribution in [0.3, 0.4) is 0 Å². The smallest absolute Gasteiger partial charge is 0.347 e. The van der Waals surface area contributed by atoms with Gasteiger partial charge in [0.1, 0.15) is 11.8 Å². The molecule has 8 heteroatoms. The average molecular weight is 482 g/mol. The predicted molar refractivity (Wildman–Crippen MR) is 133 cm³/mol. The van der Waals surface area contributed by atoms with Crippen LogP contribution in [0.25, 0.3) is 0 Å². The number of hydrogen-bond acceptors (Lipinski definition) is 6. The summed E-state index contributed by atoms with van der Waals surface area (Å²) in [6.07, 6.45) is 1.12. The minimum Gasteiger partial charge on any atom is -0.479 e. The lowest BCUT2D eigenvalue weighted by Gasteiger charge is -2.27. The van der Waals surface area contributed by atoms with E-state index in [9.17, 15) is 14.4 Å². The monoisotopic (exact) mass is 481 g/mol. The second-order valence-electron chi connectivity index (χ2n) is 8.86. The highest BCUT2D eigenvalue weighted by atomic mass is 16.6. The molecule has 3 rings (SSSR count). The summed E-state index contributed by atoms with van der Waals surface area (Å²) < 4.78 is 10.5. The van der Waals surface area contributed by atoms with E-state index >= 15 is 0 Å². The van der Waals surface area contributed by atoms with Crippen molar-refractivity contribution in [2.24, 2.45) is 5.73 Å². The molecule has 3 atom stereocenters. The summed E-state index contributed by atoms with van der Waals surface area (Å²) in [5.41, 5.74) is 9.24. The molecule has 0 radical (unpaired) electrons.